The fourth-order valence-corrected chi connectivity index (χ4v) is 2.40. The van der Waals surface area contributed by atoms with Crippen molar-refractivity contribution in [1.29, 1.82) is 0 Å². The molecule has 3 nitrogen and oxygen atoms in total. The van der Waals surface area contributed by atoms with Gasteiger partial charge in [0, 0.05) is 23.9 Å². The van der Waals surface area contributed by atoms with Gasteiger partial charge in [0.25, 0.3) is 0 Å². The lowest BCUT2D eigenvalue weighted by Crippen LogP contribution is -2.05. The third-order valence-corrected chi connectivity index (χ3v) is 3.65. The molecule has 2 heterocycles. The number of aromatic nitrogens is 1. The predicted molar refractivity (Wildman–Crippen MR) is 77.3 cm³/mol. The summed E-state index contributed by atoms with van der Waals surface area (Å²) >= 11 is 0. The molecule has 102 valence electrons. The normalized spacial score (nSPS) is 12.8. The van der Waals surface area contributed by atoms with Crippen LogP contribution in [0.3, 0.4) is 0 Å². The fourth-order valence-electron chi connectivity index (χ4n) is 2.40. The Bertz CT molecular complexity index is 632. The number of benzene rings is 1. The van der Waals surface area contributed by atoms with E-state index < -0.39 is 0 Å². The number of pyridine rings is 1. The first-order chi connectivity index (χ1) is 9.76. The van der Waals surface area contributed by atoms with E-state index in [-0.39, 0.29) is 5.78 Å². The zero-order valence-corrected chi connectivity index (χ0v) is 11.6. The van der Waals surface area contributed by atoms with Crippen molar-refractivity contribution >= 4 is 5.78 Å². The maximum atomic E-state index is 12.3. The molecule has 0 atom stereocenters. The molecule has 0 spiro atoms. The number of carbonyl (C=O) groups is 1. The Hall–Kier alpha value is -2.16. The zero-order valence-electron chi connectivity index (χ0n) is 11.6. The highest BCUT2D eigenvalue weighted by atomic mass is 16.5. The van der Waals surface area contributed by atoms with Crippen molar-refractivity contribution in [3.8, 4) is 5.75 Å². The highest BCUT2D eigenvalue weighted by molar-refractivity contribution is 5.97. The Morgan fingerprint density at radius 3 is 2.95 bits per heavy atom. The maximum absolute atomic E-state index is 12.3. The van der Waals surface area contributed by atoms with Crippen molar-refractivity contribution in [3.63, 3.8) is 0 Å². The first-order valence-electron chi connectivity index (χ1n) is 6.99. The monoisotopic (exact) mass is 267 g/mol. The second kappa shape index (κ2) is 5.45. The molecule has 0 amide bonds. The summed E-state index contributed by atoms with van der Waals surface area (Å²) in [5.41, 5.74) is 3.89. The molecule has 1 aliphatic heterocycles. The van der Waals surface area contributed by atoms with E-state index in [9.17, 15) is 4.79 Å². The summed E-state index contributed by atoms with van der Waals surface area (Å²) < 4.78 is 5.45. The van der Waals surface area contributed by atoms with Gasteiger partial charge < -0.3 is 4.74 Å². The number of aryl methyl sites for hydroxylation is 1. The minimum atomic E-state index is 0.108. The van der Waals surface area contributed by atoms with Crippen LogP contribution in [-0.4, -0.2) is 17.4 Å². The molecule has 3 rings (SSSR count). The van der Waals surface area contributed by atoms with Crippen molar-refractivity contribution < 1.29 is 9.53 Å². The SMILES string of the molecule is CCc1ccc(CC(=O)c2ccc3c(c2)CCO3)nc1. The van der Waals surface area contributed by atoms with E-state index in [0.29, 0.717) is 13.0 Å². The van der Waals surface area contributed by atoms with Crippen molar-refractivity contribution in [3.05, 3.63) is 58.9 Å². The Labute approximate surface area is 118 Å². The summed E-state index contributed by atoms with van der Waals surface area (Å²) in [4.78, 5) is 16.6. The number of hydrogen-bond donors (Lipinski definition) is 0. The van der Waals surface area contributed by atoms with Crippen LogP contribution in [0.2, 0.25) is 0 Å². The molecule has 0 aliphatic carbocycles. The second-order valence-electron chi connectivity index (χ2n) is 5.03. The third kappa shape index (κ3) is 2.57. The molecule has 0 fully saturated rings. The van der Waals surface area contributed by atoms with Gasteiger partial charge in [-0.05, 0) is 41.8 Å². The van der Waals surface area contributed by atoms with E-state index in [1.165, 1.54) is 5.56 Å². The van der Waals surface area contributed by atoms with E-state index in [2.05, 4.69) is 11.9 Å². The number of hydrogen-bond acceptors (Lipinski definition) is 3. The zero-order chi connectivity index (χ0) is 13.9. The molecule has 20 heavy (non-hydrogen) atoms. The number of ketones is 1. The van der Waals surface area contributed by atoms with Crippen LogP contribution >= 0.6 is 0 Å². The van der Waals surface area contributed by atoms with Gasteiger partial charge in [-0.1, -0.05) is 13.0 Å². The van der Waals surface area contributed by atoms with Gasteiger partial charge in [0.15, 0.2) is 5.78 Å². The first-order valence-corrected chi connectivity index (χ1v) is 6.99. The summed E-state index contributed by atoms with van der Waals surface area (Å²) in [5, 5.41) is 0. The summed E-state index contributed by atoms with van der Waals surface area (Å²) in [6.45, 7) is 2.81. The van der Waals surface area contributed by atoms with Gasteiger partial charge in [-0.2, -0.15) is 0 Å². The average molecular weight is 267 g/mol. The summed E-state index contributed by atoms with van der Waals surface area (Å²) in [5.74, 6) is 1.02. The number of nitrogens with zero attached hydrogens (tertiary/aromatic N) is 1. The van der Waals surface area contributed by atoms with Crippen molar-refractivity contribution in [1.82, 2.24) is 4.98 Å². The van der Waals surface area contributed by atoms with E-state index in [0.717, 1.165) is 35.4 Å². The lowest BCUT2D eigenvalue weighted by atomic mass is 10.0. The maximum Gasteiger partial charge on any atom is 0.168 e. The predicted octanol–water partition coefficient (Wildman–Crippen LogP) is 3.00. The molecule has 0 N–H and O–H groups in total. The van der Waals surface area contributed by atoms with Crippen molar-refractivity contribution in [2.24, 2.45) is 0 Å². The molecular weight excluding hydrogens is 250 g/mol. The van der Waals surface area contributed by atoms with Gasteiger partial charge in [0.2, 0.25) is 0 Å². The van der Waals surface area contributed by atoms with Gasteiger partial charge in [-0.15, -0.1) is 0 Å². The Morgan fingerprint density at radius 1 is 1.30 bits per heavy atom. The van der Waals surface area contributed by atoms with Gasteiger partial charge in [-0.25, -0.2) is 0 Å². The first kappa shape index (κ1) is 12.9. The highest BCUT2D eigenvalue weighted by Crippen LogP contribution is 2.26. The standard InChI is InChI=1S/C17H17NO2/c1-2-12-3-5-15(18-11-12)10-16(19)13-4-6-17-14(9-13)7-8-20-17/h3-6,9,11H,2,7-8,10H2,1H3. The molecule has 0 saturated carbocycles. The molecular formula is C17H17NO2. The van der Waals surface area contributed by atoms with Crippen LogP contribution in [0.5, 0.6) is 5.75 Å². The third-order valence-electron chi connectivity index (χ3n) is 3.65. The van der Waals surface area contributed by atoms with E-state index in [4.69, 9.17) is 4.74 Å². The molecule has 3 heteroatoms. The Balaban J connectivity index is 1.75. The Kier molecular flexibility index (Phi) is 3.50. The minimum absolute atomic E-state index is 0.108. The number of rotatable bonds is 4. The molecule has 1 aliphatic rings. The lowest BCUT2D eigenvalue weighted by Gasteiger charge is -2.04. The van der Waals surface area contributed by atoms with Crippen LogP contribution in [-0.2, 0) is 19.3 Å². The minimum Gasteiger partial charge on any atom is -0.493 e. The van der Waals surface area contributed by atoms with E-state index in [1.807, 2.05) is 36.5 Å². The van der Waals surface area contributed by atoms with Gasteiger partial charge >= 0.3 is 0 Å². The van der Waals surface area contributed by atoms with Gasteiger partial charge in [-0.3, -0.25) is 9.78 Å². The lowest BCUT2D eigenvalue weighted by molar-refractivity contribution is 0.0992. The average Bonchev–Trinajstić information content (AvgIpc) is 2.95. The van der Waals surface area contributed by atoms with Crippen molar-refractivity contribution in [2.75, 3.05) is 6.61 Å². The quantitative estimate of drug-likeness (QED) is 0.799. The molecule has 1 aromatic heterocycles. The highest BCUT2D eigenvalue weighted by Gasteiger charge is 2.15. The van der Waals surface area contributed by atoms with E-state index >= 15 is 0 Å². The van der Waals surface area contributed by atoms with Crippen LogP contribution in [0, 0.1) is 0 Å². The number of Topliss-reactive ketones (excluding diaryl/α,β-unsaturated/α-hetero) is 1. The number of carbonyl (C=O) groups excluding carboxylic acids is 1. The Morgan fingerprint density at radius 2 is 2.20 bits per heavy atom. The fraction of sp³-hybridized carbons (Fsp3) is 0.294. The second-order valence-corrected chi connectivity index (χ2v) is 5.03. The van der Waals surface area contributed by atoms with Crippen LogP contribution in [0.15, 0.2) is 36.5 Å². The molecule has 0 bridgehead atoms. The van der Waals surface area contributed by atoms with Gasteiger partial charge in [0.1, 0.15) is 5.75 Å². The summed E-state index contributed by atoms with van der Waals surface area (Å²) in [6.07, 6.45) is 4.05. The summed E-state index contributed by atoms with van der Waals surface area (Å²) in [6, 6.07) is 9.65. The van der Waals surface area contributed by atoms with Crippen LogP contribution in [0.1, 0.15) is 34.1 Å². The molecule has 0 saturated heterocycles. The van der Waals surface area contributed by atoms with Crippen molar-refractivity contribution in [2.45, 2.75) is 26.2 Å². The smallest absolute Gasteiger partial charge is 0.168 e. The number of ether oxygens (including phenoxy) is 1. The topological polar surface area (TPSA) is 39.2 Å². The molecule has 0 unspecified atom stereocenters. The number of fused-ring (bicyclic) bond motifs is 1. The molecule has 0 radical (unpaired) electrons. The molecule has 2 aromatic rings. The van der Waals surface area contributed by atoms with Crippen LogP contribution in [0.4, 0.5) is 0 Å². The van der Waals surface area contributed by atoms with Crippen LogP contribution < -0.4 is 4.74 Å². The molecule has 1 aromatic carbocycles. The van der Waals surface area contributed by atoms with Gasteiger partial charge in [0.05, 0.1) is 13.0 Å². The largest absolute Gasteiger partial charge is 0.493 e. The van der Waals surface area contributed by atoms with E-state index in [1.54, 1.807) is 0 Å². The van der Waals surface area contributed by atoms with Crippen LogP contribution in [0.25, 0.3) is 0 Å². The summed E-state index contributed by atoms with van der Waals surface area (Å²) in [7, 11) is 0.